The van der Waals surface area contributed by atoms with Gasteiger partial charge in [0.25, 0.3) is 0 Å². The van der Waals surface area contributed by atoms with Crippen LogP contribution in [0.5, 0.6) is 0 Å². The van der Waals surface area contributed by atoms with E-state index in [0.717, 1.165) is 0 Å². The number of pyridine rings is 1. The third-order valence-corrected chi connectivity index (χ3v) is 1.41. The van der Waals surface area contributed by atoms with Crippen LogP contribution in [0.3, 0.4) is 0 Å². The summed E-state index contributed by atoms with van der Waals surface area (Å²) in [6, 6.07) is 4.57. The first-order valence-corrected chi connectivity index (χ1v) is 3.49. The van der Waals surface area contributed by atoms with Crippen LogP contribution in [0, 0.1) is 0 Å². The molecular weight excluding hydrogens is 174 g/mol. The van der Waals surface area contributed by atoms with Gasteiger partial charge < -0.3 is 10.2 Å². The number of aliphatic hydroxyl groups excluding tert-OH is 1. The van der Waals surface area contributed by atoms with Gasteiger partial charge in [-0.2, -0.15) is 5.01 Å². The maximum absolute atomic E-state index is 10.4. The number of nitrogens with zero attached hydrogens (tertiary/aromatic N) is 2. The van der Waals surface area contributed by atoms with Gasteiger partial charge in [-0.1, -0.05) is 6.07 Å². The first kappa shape index (κ1) is 9.43. The van der Waals surface area contributed by atoms with E-state index in [1.165, 1.54) is 6.07 Å². The number of anilines is 1. The standard InChI is InChI=1S/C7H9N3O3/c8-10(7(12)13)6-3-1-2-5(4-11)9-6/h1-3,11H,4,8H2,(H,12,13). The molecule has 13 heavy (non-hydrogen) atoms. The van der Waals surface area contributed by atoms with Crippen molar-refractivity contribution in [2.45, 2.75) is 6.61 Å². The smallest absolute Gasteiger partial charge is 0.427 e. The zero-order valence-corrected chi connectivity index (χ0v) is 6.71. The molecule has 6 heteroatoms. The highest BCUT2D eigenvalue weighted by atomic mass is 16.4. The van der Waals surface area contributed by atoms with Gasteiger partial charge in [0, 0.05) is 0 Å². The van der Waals surface area contributed by atoms with E-state index in [9.17, 15) is 4.79 Å². The minimum Gasteiger partial charge on any atom is -0.464 e. The van der Waals surface area contributed by atoms with Crippen LogP contribution in [0.4, 0.5) is 10.6 Å². The second-order valence-electron chi connectivity index (χ2n) is 2.30. The fourth-order valence-electron chi connectivity index (χ4n) is 0.787. The number of aliphatic hydroxyl groups is 1. The maximum Gasteiger partial charge on any atom is 0.427 e. The number of hydrazine groups is 1. The summed E-state index contributed by atoms with van der Waals surface area (Å²) >= 11 is 0. The van der Waals surface area contributed by atoms with E-state index in [2.05, 4.69) is 4.98 Å². The molecule has 0 saturated carbocycles. The Morgan fingerprint density at radius 3 is 2.85 bits per heavy atom. The molecule has 0 aromatic carbocycles. The maximum atomic E-state index is 10.4. The highest BCUT2D eigenvalue weighted by Crippen LogP contribution is 2.07. The Kier molecular flexibility index (Phi) is 2.78. The quantitative estimate of drug-likeness (QED) is 0.338. The summed E-state index contributed by atoms with van der Waals surface area (Å²) in [5, 5.41) is 17.7. The van der Waals surface area contributed by atoms with Crippen molar-refractivity contribution >= 4 is 11.9 Å². The third-order valence-electron chi connectivity index (χ3n) is 1.41. The van der Waals surface area contributed by atoms with Crippen molar-refractivity contribution in [2.24, 2.45) is 5.84 Å². The lowest BCUT2D eigenvalue weighted by molar-refractivity contribution is 0.201. The van der Waals surface area contributed by atoms with Gasteiger partial charge in [0.1, 0.15) is 0 Å². The minimum atomic E-state index is -1.30. The lowest BCUT2D eigenvalue weighted by Gasteiger charge is -2.11. The molecule has 1 aromatic heterocycles. The number of nitrogens with two attached hydrogens (primary N) is 1. The van der Waals surface area contributed by atoms with Gasteiger partial charge in [0.05, 0.1) is 12.3 Å². The fourth-order valence-corrected chi connectivity index (χ4v) is 0.787. The van der Waals surface area contributed by atoms with Crippen LogP contribution >= 0.6 is 0 Å². The molecule has 1 aromatic rings. The van der Waals surface area contributed by atoms with Gasteiger partial charge in [0.2, 0.25) is 0 Å². The number of amides is 1. The molecule has 0 aliphatic carbocycles. The van der Waals surface area contributed by atoms with Crippen molar-refractivity contribution in [1.82, 2.24) is 4.98 Å². The molecule has 1 rings (SSSR count). The zero-order valence-electron chi connectivity index (χ0n) is 6.71. The van der Waals surface area contributed by atoms with Crippen LogP contribution in [0.2, 0.25) is 0 Å². The van der Waals surface area contributed by atoms with Gasteiger partial charge in [-0.05, 0) is 12.1 Å². The Bertz CT molecular complexity index is 316. The van der Waals surface area contributed by atoms with Gasteiger partial charge >= 0.3 is 6.09 Å². The minimum absolute atomic E-state index is 0.0825. The average Bonchev–Trinajstić information content (AvgIpc) is 2.16. The summed E-state index contributed by atoms with van der Waals surface area (Å²) in [6.45, 7) is -0.249. The second kappa shape index (κ2) is 3.83. The molecule has 1 heterocycles. The molecule has 0 fully saturated rings. The van der Waals surface area contributed by atoms with Crippen molar-refractivity contribution in [3.8, 4) is 0 Å². The normalized spacial score (nSPS) is 9.69. The van der Waals surface area contributed by atoms with E-state index in [-0.39, 0.29) is 12.4 Å². The van der Waals surface area contributed by atoms with E-state index in [1.54, 1.807) is 12.1 Å². The van der Waals surface area contributed by atoms with Gasteiger partial charge in [-0.25, -0.2) is 15.6 Å². The Hall–Kier alpha value is -1.66. The molecule has 0 spiro atoms. The van der Waals surface area contributed by atoms with E-state index in [4.69, 9.17) is 16.1 Å². The number of rotatable bonds is 2. The lowest BCUT2D eigenvalue weighted by atomic mass is 10.3. The first-order valence-electron chi connectivity index (χ1n) is 3.49. The highest BCUT2D eigenvalue weighted by Gasteiger charge is 2.10. The van der Waals surface area contributed by atoms with Crippen LogP contribution < -0.4 is 10.9 Å². The predicted octanol–water partition coefficient (Wildman–Crippen LogP) is -0.0680. The summed E-state index contributed by atoms with van der Waals surface area (Å²) in [4.78, 5) is 14.2. The molecule has 0 aliphatic heterocycles. The van der Waals surface area contributed by atoms with E-state index >= 15 is 0 Å². The van der Waals surface area contributed by atoms with Crippen molar-refractivity contribution in [1.29, 1.82) is 0 Å². The molecule has 4 N–H and O–H groups in total. The SMILES string of the molecule is NN(C(=O)O)c1cccc(CO)n1. The topological polar surface area (TPSA) is 99.7 Å². The first-order chi connectivity index (χ1) is 6.15. The van der Waals surface area contributed by atoms with Crippen LogP contribution in [0.25, 0.3) is 0 Å². The van der Waals surface area contributed by atoms with E-state index in [1.807, 2.05) is 0 Å². The molecule has 0 bridgehead atoms. The predicted molar refractivity (Wildman–Crippen MR) is 44.9 cm³/mol. The third kappa shape index (κ3) is 2.14. The molecule has 70 valence electrons. The average molecular weight is 183 g/mol. The molecule has 0 radical (unpaired) electrons. The molecule has 6 nitrogen and oxygen atoms in total. The molecular formula is C7H9N3O3. The zero-order chi connectivity index (χ0) is 9.84. The molecule has 0 unspecified atom stereocenters. The summed E-state index contributed by atoms with van der Waals surface area (Å²) in [5.41, 5.74) is 0.370. The fraction of sp³-hybridized carbons (Fsp3) is 0.143. The summed E-state index contributed by atoms with van der Waals surface area (Å²) in [7, 11) is 0. The van der Waals surface area contributed by atoms with Crippen molar-refractivity contribution in [3.63, 3.8) is 0 Å². The Labute approximate surface area is 74.2 Å². The number of hydrogen-bond acceptors (Lipinski definition) is 4. The van der Waals surface area contributed by atoms with Crippen LogP contribution in [0.1, 0.15) is 5.69 Å². The molecule has 0 atom stereocenters. The van der Waals surface area contributed by atoms with Gasteiger partial charge in [-0.3, -0.25) is 0 Å². The highest BCUT2D eigenvalue weighted by molar-refractivity contribution is 5.83. The monoisotopic (exact) mass is 183 g/mol. The van der Waals surface area contributed by atoms with Crippen LogP contribution in [-0.2, 0) is 6.61 Å². The van der Waals surface area contributed by atoms with Crippen molar-refractivity contribution in [3.05, 3.63) is 23.9 Å². The van der Waals surface area contributed by atoms with Crippen molar-refractivity contribution in [2.75, 3.05) is 5.01 Å². The van der Waals surface area contributed by atoms with Gasteiger partial charge in [-0.15, -0.1) is 0 Å². The lowest BCUT2D eigenvalue weighted by Crippen LogP contribution is -2.36. The van der Waals surface area contributed by atoms with Crippen LogP contribution in [0.15, 0.2) is 18.2 Å². The van der Waals surface area contributed by atoms with Gasteiger partial charge in [0.15, 0.2) is 5.82 Å². The van der Waals surface area contributed by atoms with Crippen LogP contribution in [-0.4, -0.2) is 21.3 Å². The Morgan fingerprint density at radius 1 is 1.62 bits per heavy atom. The second-order valence-corrected chi connectivity index (χ2v) is 2.30. The summed E-state index contributed by atoms with van der Waals surface area (Å²) < 4.78 is 0. The number of hydrogen-bond donors (Lipinski definition) is 3. The number of aromatic nitrogens is 1. The Morgan fingerprint density at radius 2 is 2.31 bits per heavy atom. The summed E-state index contributed by atoms with van der Waals surface area (Å²) in [6.07, 6.45) is -1.30. The van der Waals surface area contributed by atoms with E-state index in [0.29, 0.717) is 10.7 Å². The molecule has 0 aliphatic rings. The largest absolute Gasteiger partial charge is 0.464 e. The Balaban J connectivity index is 2.94. The number of carbonyl (C=O) groups is 1. The molecule has 1 amide bonds. The molecule has 0 saturated heterocycles. The summed E-state index contributed by atoms with van der Waals surface area (Å²) in [5.74, 6) is 5.23. The van der Waals surface area contributed by atoms with Crippen molar-refractivity contribution < 1.29 is 15.0 Å². The van der Waals surface area contributed by atoms with E-state index < -0.39 is 6.09 Å². The number of carboxylic acid groups (broad SMARTS) is 1.